The minimum absolute atomic E-state index is 0.0434. The van der Waals surface area contributed by atoms with Gasteiger partial charge in [-0.3, -0.25) is 0 Å². The molecule has 0 radical (unpaired) electrons. The van der Waals surface area contributed by atoms with Crippen LogP contribution < -0.4 is 20.7 Å². The molecule has 2 unspecified atom stereocenters. The van der Waals surface area contributed by atoms with E-state index < -0.39 is 8.07 Å². The highest BCUT2D eigenvalue weighted by Crippen LogP contribution is 2.57. The molecule has 300 valence electrons. The fourth-order valence-corrected chi connectivity index (χ4v) is 17.8. The smallest absolute Gasteiger partial charge is 0.135 e. The number of hydrogen-bond donors (Lipinski definition) is 0. The first-order chi connectivity index (χ1) is 31.8. The molecule has 0 fully saturated rings. The Hall–Kier alpha value is -7.36. The lowest BCUT2D eigenvalue weighted by atomic mass is 9.60. The van der Waals surface area contributed by atoms with Crippen molar-refractivity contribution >= 4 is 60.3 Å². The third-order valence-corrected chi connectivity index (χ3v) is 20.1. The van der Waals surface area contributed by atoms with Crippen molar-refractivity contribution in [3.63, 3.8) is 0 Å². The zero-order valence-corrected chi connectivity index (χ0v) is 37.0. The molecule has 3 aliphatic rings. The van der Waals surface area contributed by atoms with Crippen LogP contribution in [-0.2, 0) is 0 Å². The van der Waals surface area contributed by atoms with Gasteiger partial charge in [-0.25, -0.2) is 0 Å². The summed E-state index contributed by atoms with van der Waals surface area (Å²) in [6.45, 7) is 0. The average molecular weight is 847 g/mol. The predicted molar refractivity (Wildman–Crippen MR) is 274 cm³/mol. The van der Waals surface area contributed by atoms with Crippen molar-refractivity contribution in [2.24, 2.45) is 0 Å². The molecule has 2 heteroatoms. The number of rotatable bonds is 7. The van der Waals surface area contributed by atoms with Crippen LogP contribution in [0.3, 0.4) is 0 Å². The largest absolute Gasteiger partial charge is 0.179 e. The van der Waals surface area contributed by atoms with Crippen LogP contribution in [0.4, 0.5) is 0 Å². The first-order valence-electron chi connectivity index (χ1n) is 22.4. The quantitative estimate of drug-likeness (QED) is 0.111. The highest BCUT2D eigenvalue weighted by Gasteiger charge is 2.50. The second-order valence-electron chi connectivity index (χ2n) is 17.4. The van der Waals surface area contributed by atoms with Crippen LogP contribution in [0.2, 0.25) is 0 Å². The van der Waals surface area contributed by atoms with Crippen molar-refractivity contribution in [1.29, 1.82) is 0 Å². The first-order valence-corrected chi connectivity index (χ1v) is 25.2. The molecule has 1 aromatic heterocycles. The van der Waals surface area contributed by atoms with E-state index in [1.807, 2.05) is 11.3 Å². The van der Waals surface area contributed by atoms with Crippen molar-refractivity contribution < 1.29 is 0 Å². The van der Waals surface area contributed by atoms with Gasteiger partial charge in [-0.05, 0) is 99.6 Å². The Bertz CT molecular complexity index is 3490. The standard InChI is InChI=1S/C62H42SSi/c1-4-18-41(19-5-1)43-22-14-26-47(38-43)64(46-24-8-3-9-25-46,48-27-15-23-44(39-48)42-20-6-2-7-21-42)58-35-17-33-55-59-52-29-10-11-30-53(52)62(61(55)58)60-49(31-16-32-54(59)60)45-36-37-51-50-28-12-13-34-56(50)63-57(51)40-45/h1-40,59,62H. The number of benzene rings is 10. The maximum absolute atomic E-state index is 3.14. The summed E-state index contributed by atoms with van der Waals surface area (Å²) in [5, 5.41) is 8.30. The molecule has 1 heterocycles. The van der Waals surface area contributed by atoms with Crippen LogP contribution in [0.15, 0.2) is 243 Å². The number of thiophene rings is 1. The van der Waals surface area contributed by atoms with Gasteiger partial charge in [0.05, 0.1) is 0 Å². The lowest BCUT2D eigenvalue weighted by Gasteiger charge is -2.47. The van der Waals surface area contributed by atoms with Crippen molar-refractivity contribution in [1.82, 2.24) is 0 Å². The van der Waals surface area contributed by atoms with Gasteiger partial charge in [-0.15, -0.1) is 11.3 Å². The third kappa shape index (κ3) is 5.59. The maximum Gasteiger partial charge on any atom is 0.179 e. The van der Waals surface area contributed by atoms with Crippen molar-refractivity contribution in [2.75, 3.05) is 0 Å². The molecule has 0 aliphatic heterocycles. The van der Waals surface area contributed by atoms with Gasteiger partial charge < -0.3 is 0 Å². The van der Waals surface area contributed by atoms with Crippen molar-refractivity contribution in [2.45, 2.75) is 11.8 Å². The molecule has 0 spiro atoms. The molecule has 10 aromatic carbocycles. The van der Waals surface area contributed by atoms with Crippen molar-refractivity contribution in [3.05, 3.63) is 276 Å². The highest BCUT2D eigenvalue weighted by atomic mass is 32.1. The van der Waals surface area contributed by atoms with Crippen LogP contribution in [-0.4, -0.2) is 8.07 Å². The minimum Gasteiger partial charge on any atom is -0.135 e. The number of hydrogen-bond acceptors (Lipinski definition) is 1. The van der Waals surface area contributed by atoms with E-state index >= 15 is 0 Å². The van der Waals surface area contributed by atoms with E-state index in [0.29, 0.717) is 0 Å². The Morgan fingerprint density at radius 2 is 0.797 bits per heavy atom. The molecule has 11 aromatic rings. The van der Waals surface area contributed by atoms with Crippen LogP contribution in [0.5, 0.6) is 0 Å². The Labute approximate surface area is 379 Å². The summed E-state index contributed by atoms with van der Waals surface area (Å²) in [5.41, 5.74) is 16.3. The summed E-state index contributed by atoms with van der Waals surface area (Å²) < 4.78 is 2.68. The SMILES string of the molecule is c1ccc(-c2cccc([Si](c3ccccc3)(c3cccc(-c4ccccc4)c3)c3cccc4c3C3c5ccccc5C4c4cccc(-c5ccc6c(c5)sc5ccccc56)c43)c2)cc1. The monoisotopic (exact) mass is 846 g/mol. The average Bonchev–Trinajstić information content (AvgIpc) is 3.75. The van der Waals surface area contributed by atoms with Gasteiger partial charge in [0.1, 0.15) is 0 Å². The molecule has 0 saturated heterocycles. The van der Waals surface area contributed by atoms with Crippen LogP contribution >= 0.6 is 11.3 Å². The van der Waals surface area contributed by atoms with Gasteiger partial charge >= 0.3 is 0 Å². The summed E-state index contributed by atoms with van der Waals surface area (Å²) in [6, 6.07) is 92.4. The van der Waals surface area contributed by atoms with Crippen LogP contribution in [0.1, 0.15) is 45.2 Å². The topological polar surface area (TPSA) is 0 Å². The Kier molecular flexibility index (Phi) is 8.65. The normalized spacial score (nSPS) is 14.9. The molecule has 0 nitrogen and oxygen atoms in total. The van der Waals surface area contributed by atoms with E-state index in [2.05, 4.69) is 243 Å². The van der Waals surface area contributed by atoms with E-state index in [4.69, 9.17) is 0 Å². The predicted octanol–water partition coefficient (Wildman–Crippen LogP) is 13.4. The lowest BCUT2D eigenvalue weighted by molar-refractivity contribution is 0.760. The number of fused-ring (bicyclic) bond motifs is 3. The van der Waals surface area contributed by atoms with Gasteiger partial charge in [0, 0.05) is 32.0 Å². The van der Waals surface area contributed by atoms with Gasteiger partial charge in [-0.2, -0.15) is 0 Å². The molecule has 0 amide bonds. The van der Waals surface area contributed by atoms with Crippen LogP contribution in [0.25, 0.3) is 53.6 Å². The molecular formula is C62H42SSi. The fraction of sp³-hybridized carbons (Fsp3) is 0.0323. The third-order valence-electron chi connectivity index (χ3n) is 14.2. The van der Waals surface area contributed by atoms with E-state index in [0.717, 1.165) is 0 Å². The zero-order chi connectivity index (χ0) is 42.2. The van der Waals surface area contributed by atoms with E-state index in [-0.39, 0.29) is 11.8 Å². The summed E-state index contributed by atoms with van der Waals surface area (Å²) >= 11 is 1.90. The Morgan fingerprint density at radius 1 is 0.297 bits per heavy atom. The van der Waals surface area contributed by atoms with Crippen LogP contribution in [0, 0.1) is 0 Å². The molecule has 0 N–H and O–H groups in total. The van der Waals surface area contributed by atoms with E-state index in [9.17, 15) is 0 Å². The molecule has 64 heavy (non-hydrogen) atoms. The Balaban J connectivity index is 1.13. The van der Waals surface area contributed by atoms with Gasteiger partial charge in [-0.1, -0.05) is 231 Å². The molecular weight excluding hydrogens is 805 g/mol. The summed E-state index contributed by atoms with van der Waals surface area (Å²) in [5.74, 6) is 0.162. The summed E-state index contributed by atoms with van der Waals surface area (Å²) in [4.78, 5) is 0. The maximum atomic E-state index is 2.53. The second-order valence-corrected chi connectivity index (χ2v) is 22.3. The molecule has 2 atom stereocenters. The zero-order valence-electron chi connectivity index (χ0n) is 35.2. The lowest BCUT2D eigenvalue weighted by Crippen LogP contribution is -2.75. The molecule has 14 rings (SSSR count). The molecule has 2 bridgehead atoms. The van der Waals surface area contributed by atoms with Gasteiger partial charge in [0.15, 0.2) is 8.07 Å². The summed E-state index contributed by atoms with van der Waals surface area (Å²) in [7, 11) is -3.14. The van der Waals surface area contributed by atoms with Crippen molar-refractivity contribution in [3.8, 4) is 33.4 Å². The molecule has 3 aliphatic carbocycles. The van der Waals surface area contributed by atoms with Gasteiger partial charge in [0.25, 0.3) is 0 Å². The highest BCUT2D eigenvalue weighted by molar-refractivity contribution is 7.25. The Morgan fingerprint density at radius 3 is 1.48 bits per heavy atom. The summed E-state index contributed by atoms with van der Waals surface area (Å²) in [6.07, 6.45) is 0. The fourth-order valence-electron chi connectivity index (χ4n) is 11.6. The van der Waals surface area contributed by atoms with E-state index in [1.165, 1.54) is 108 Å². The van der Waals surface area contributed by atoms with E-state index in [1.54, 1.807) is 0 Å². The van der Waals surface area contributed by atoms with Gasteiger partial charge in [0.2, 0.25) is 0 Å². The molecule has 0 saturated carbocycles. The second kappa shape index (κ2) is 14.9. The first kappa shape index (κ1) is 37.2. The minimum atomic E-state index is -3.14.